The fourth-order valence-corrected chi connectivity index (χ4v) is 1.83. The number of methoxy groups -OCH3 is 1. The fraction of sp³-hybridized carbons (Fsp3) is 0.250. The van der Waals surface area contributed by atoms with Crippen molar-refractivity contribution in [2.75, 3.05) is 19.0 Å². The van der Waals surface area contributed by atoms with Gasteiger partial charge in [0.15, 0.2) is 6.61 Å². The van der Waals surface area contributed by atoms with Crippen LogP contribution in [0.15, 0.2) is 48.8 Å². The number of carbonyl (C=O) groups excluding carboxylic acids is 1. The molecule has 0 aliphatic heterocycles. The van der Waals surface area contributed by atoms with Crippen LogP contribution in [0.4, 0.5) is 5.69 Å². The summed E-state index contributed by atoms with van der Waals surface area (Å²) in [5.41, 5.74) is 2.14. The number of rotatable bonds is 6. The van der Waals surface area contributed by atoms with Gasteiger partial charge in [-0.15, -0.1) is 0 Å². The minimum absolute atomic E-state index is 0.0866. The lowest BCUT2D eigenvalue weighted by molar-refractivity contribution is -0.142. The van der Waals surface area contributed by atoms with Crippen LogP contribution in [-0.2, 0) is 9.53 Å². The Labute approximate surface area is 123 Å². The van der Waals surface area contributed by atoms with Gasteiger partial charge >= 0.3 is 5.97 Å². The minimum Gasteiger partial charge on any atom is -0.482 e. The summed E-state index contributed by atoms with van der Waals surface area (Å²) < 4.78 is 9.81. The highest BCUT2D eigenvalue weighted by atomic mass is 16.6. The van der Waals surface area contributed by atoms with Crippen LogP contribution >= 0.6 is 0 Å². The second-order valence-corrected chi connectivity index (χ2v) is 4.54. The highest BCUT2D eigenvalue weighted by molar-refractivity contribution is 5.70. The summed E-state index contributed by atoms with van der Waals surface area (Å²) in [7, 11) is 1.33. The van der Waals surface area contributed by atoms with Crippen LogP contribution in [0.25, 0.3) is 0 Å². The summed E-state index contributed by atoms with van der Waals surface area (Å²) in [6.07, 6.45) is 3.55. The molecule has 1 aromatic carbocycles. The lowest BCUT2D eigenvalue weighted by atomic mass is 10.1. The standard InChI is InChI=1S/C16H18N2O3/c1-12(13-7-9-17-10-8-13)18-14-3-5-15(6-4-14)21-11-16(19)20-2/h3-10,12,18H,11H2,1-2H3. The van der Waals surface area contributed by atoms with E-state index in [0.717, 1.165) is 11.3 Å². The molecule has 5 heteroatoms. The number of carbonyl (C=O) groups is 1. The van der Waals surface area contributed by atoms with Crippen molar-refractivity contribution in [2.45, 2.75) is 13.0 Å². The number of anilines is 1. The van der Waals surface area contributed by atoms with E-state index in [9.17, 15) is 4.79 Å². The molecule has 2 rings (SSSR count). The molecule has 0 saturated carbocycles. The summed E-state index contributed by atoms with van der Waals surface area (Å²) in [6.45, 7) is 1.99. The predicted molar refractivity (Wildman–Crippen MR) is 80.2 cm³/mol. The van der Waals surface area contributed by atoms with Gasteiger partial charge < -0.3 is 14.8 Å². The van der Waals surface area contributed by atoms with E-state index in [1.54, 1.807) is 12.4 Å². The lowest BCUT2D eigenvalue weighted by Crippen LogP contribution is -2.12. The molecular weight excluding hydrogens is 268 g/mol. The molecule has 1 atom stereocenters. The third kappa shape index (κ3) is 4.49. The van der Waals surface area contributed by atoms with Gasteiger partial charge in [0.1, 0.15) is 5.75 Å². The zero-order valence-electron chi connectivity index (χ0n) is 12.1. The summed E-state index contributed by atoms with van der Waals surface area (Å²) in [5, 5.41) is 3.39. The van der Waals surface area contributed by atoms with Gasteiger partial charge in [0.05, 0.1) is 7.11 Å². The first-order valence-corrected chi connectivity index (χ1v) is 6.65. The Balaban J connectivity index is 1.92. The van der Waals surface area contributed by atoms with Crippen LogP contribution in [0.1, 0.15) is 18.5 Å². The van der Waals surface area contributed by atoms with E-state index >= 15 is 0 Å². The molecule has 1 unspecified atom stereocenters. The molecule has 0 amide bonds. The molecule has 1 N–H and O–H groups in total. The molecule has 0 radical (unpaired) electrons. The molecular formula is C16H18N2O3. The number of esters is 1. The quantitative estimate of drug-likeness (QED) is 0.827. The topological polar surface area (TPSA) is 60.5 Å². The molecule has 5 nitrogen and oxygen atoms in total. The van der Waals surface area contributed by atoms with Gasteiger partial charge in [-0.1, -0.05) is 0 Å². The molecule has 21 heavy (non-hydrogen) atoms. The van der Waals surface area contributed by atoms with Crippen LogP contribution in [0.5, 0.6) is 5.75 Å². The number of nitrogens with zero attached hydrogens (tertiary/aromatic N) is 1. The van der Waals surface area contributed by atoms with Gasteiger partial charge in [0.25, 0.3) is 0 Å². The van der Waals surface area contributed by atoms with Gasteiger partial charge in [-0.3, -0.25) is 4.98 Å². The van der Waals surface area contributed by atoms with E-state index < -0.39 is 5.97 Å². The smallest absolute Gasteiger partial charge is 0.343 e. The zero-order chi connectivity index (χ0) is 15.1. The Morgan fingerprint density at radius 3 is 2.48 bits per heavy atom. The molecule has 0 aliphatic rings. The number of pyridine rings is 1. The Bertz CT molecular complexity index is 570. The number of ether oxygens (including phenoxy) is 2. The predicted octanol–water partition coefficient (Wildman–Crippen LogP) is 2.81. The van der Waals surface area contributed by atoms with Crippen molar-refractivity contribution in [2.24, 2.45) is 0 Å². The van der Waals surface area contributed by atoms with E-state index in [1.165, 1.54) is 7.11 Å². The Morgan fingerprint density at radius 2 is 1.86 bits per heavy atom. The van der Waals surface area contributed by atoms with Crippen molar-refractivity contribution in [3.8, 4) is 5.75 Å². The van der Waals surface area contributed by atoms with E-state index in [2.05, 4.69) is 22.0 Å². The van der Waals surface area contributed by atoms with Gasteiger partial charge in [-0.2, -0.15) is 0 Å². The average molecular weight is 286 g/mol. The van der Waals surface area contributed by atoms with Gasteiger partial charge in [0, 0.05) is 24.1 Å². The molecule has 110 valence electrons. The van der Waals surface area contributed by atoms with Crippen LogP contribution in [0.2, 0.25) is 0 Å². The summed E-state index contributed by atoms with van der Waals surface area (Å²) in [4.78, 5) is 15.0. The Morgan fingerprint density at radius 1 is 1.19 bits per heavy atom. The summed E-state index contributed by atoms with van der Waals surface area (Å²) >= 11 is 0. The summed E-state index contributed by atoms with van der Waals surface area (Å²) in [5.74, 6) is 0.228. The third-order valence-corrected chi connectivity index (χ3v) is 3.03. The van der Waals surface area contributed by atoms with Crippen molar-refractivity contribution < 1.29 is 14.3 Å². The number of hydrogen-bond donors (Lipinski definition) is 1. The van der Waals surface area contributed by atoms with Crippen molar-refractivity contribution in [1.82, 2.24) is 4.98 Å². The Hall–Kier alpha value is -2.56. The molecule has 1 heterocycles. The van der Waals surface area contributed by atoms with E-state index in [4.69, 9.17) is 4.74 Å². The molecule has 2 aromatic rings. The lowest BCUT2D eigenvalue weighted by Gasteiger charge is -2.15. The van der Waals surface area contributed by atoms with E-state index in [0.29, 0.717) is 5.75 Å². The largest absolute Gasteiger partial charge is 0.482 e. The van der Waals surface area contributed by atoms with Crippen molar-refractivity contribution >= 4 is 11.7 Å². The first-order valence-electron chi connectivity index (χ1n) is 6.65. The average Bonchev–Trinajstić information content (AvgIpc) is 2.54. The SMILES string of the molecule is COC(=O)COc1ccc(NC(C)c2ccncc2)cc1. The summed E-state index contributed by atoms with van der Waals surface area (Å²) in [6, 6.07) is 11.6. The second-order valence-electron chi connectivity index (χ2n) is 4.54. The highest BCUT2D eigenvalue weighted by Crippen LogP contribution is 2.21. The maximum Gasteiger partial charge on any atom is 0.343 e. The first-order chi connectivity index (χ1) is 10.2. The molecule has 1 aromatic heterocycles. The van der Waals surface area contributed by atoms with Gasteiger partial charge in [0.2, 0.25) is 0 Å². The number of hydrogen-bond acceptors (Lipinski definition) is 5. The van der Waals surface area contributed by atoms with Crippen LogP contribution in [0, 0.1) is 0 Å². The molecule has 0 bridgehead atoms. The highest BCUT2D eigenvalue weighted by Gasteiger charge is 2.05. The maximum atomic E-state index is 11.0. The van der Waals surface area contributed by atoms with Crippen LogP contribution in [0.3, 0.4) is 0 Å². The van der Waals surface area contributed by atoms with Crippen molar-refractivity contribution in [3.05, 3.63) is 54.4 Å². The zero-order valence-corrected chi connectivity index (χ0v) is 12.1. The Kier molecular flexibility index (Phi) is 5.15. The van der Waals surface area contributed by atoms with Crippen molar-refractivity contribution in [3.63, 3.8) is 0 Å². The van der Waals surface area contributed by atoms with E-state index in [-0.39, 0.29) is 12.6 Å². The van der Waals surface area contributed by atoms with Crippen molar-refractivity contribution in [1.29, 1.82) is 0 Å². The van der Waals surface area contributed by atoms with Crippen LogP contribution in [-0.4, -0.2) is 24.7 Å². The molecule has 0 saturated heterocycles. The second kappa shape index (κ2) is 7.28. The number of benzene rings is 1. The number of nitrogens with one attached hydrogen (secondary N) is 1. The number of aromatic nitrogens is 1. The third-order valence-electron chi connectivity index (χ3n) is 3.03. The fourth-order valence-electron chi connectivity index (χ4n) is 1.83. The van der Waals surface area contributed by atoms with Gasteiger partial charge in [-0.25, -0.2) is 4.79 Å². The first kappa shape index (κ1) is 14.8. The van der Waals surface area contributed by atoms with Crippen LogP contribution < -0.4 is 10.1 Å². The molecule has 0 spiro atoms. The minimum atomic E-state index is -0.400. The monoisotopic (exact) mass is 286 g/mol. The van der Waals surface area contributed by atoms with E-state index in [1.807, 2.05) is 36.4 Å². The normalized spacial score (nSPS) is 11.5. The maximum absolute atomic E-state index is 11.0. The molecule has 0 fully saturated rings. The van der Waals surface area contributed by atoms with Gasteiger partial charge in [-0.05, 0) is 48.9 Å². The molecule has 0 aliphatic carbocycles.